The number of halogens is 2. The van der Waals surface area contributed by atoms with Gasteiger partial charge in [0.05, 0.1) is 6.42 Å². The fraction of sp³-hybridized carbons (Fsp3) is 0.455. The molecule has 0 fully saturated rings. The van der Waals surface area contributed by atoms with Crippen molar-refractivity contribution in [1.29, 1.82) is 0 Å². The van der Waals surface area contributed by atoms with E-state index >= 15 is 0 Å². The molecule has 16 heavy (non-hydrogen) atoms. The van der Waals surface area contributed by atoms with Crippen LogP contribution in [0.2, 0.25) is 5.15 Å². The largest absolute Gasteiger partial charge is 0.351 e. The highest BCUT2D eigenvalue weighted by molar-refractivity contribution is 9.10. The predicted molar refractivity (Wildman–Crippen MR) is 68.5 cm³/mol. The van der Waals surface area contributed by atoms with Crippen molar-refractivity contribution in [2.75, 3.05) is 0 Å². The summed E-state index contributed by atoms with van der Waals surface area (Å²) in [7, 11) is 0. The molecule has 3 nitrogen and oxygen atoms in total. The van der Waals surface area contributed by atoms with Crippen molar-refractivity contribution in [3.05, 3.63) is 27.5 Å². The number of pyridine rings is 1. The Morgan fingerprint density at radius 1 is 1.50 bits per heavy atom. The molecule has 0 aliphatic heterocycles. The summed E-state index contributed by atoms with van der Waals surface area (Å²) in [6.45, 7) is 5.81. The number of hydrogen-bond donors (Lipinski definition) is 1. The Labute approximate surface area is 109 Å². The highest BCUT2D eigenvalue weighted by Crippen LogP contribution is 2.17. The number of rotatable bonds is 2. The minimum absolute atomic E-state index is 0.0569. The Kier molecular flexibility index (Phi) is 4.33. The van der Waals surface area contributed by atoms with Crippen molar-refractivity contribution in [3.63, 3.8) is 0 Å². The Hall–Kier alpha value is -0.610. The van der Waals surface area contributed by atoms with Crippen molar-refractivity contribution in [2.45, 2.75) is 32.7 Å². The van der Waals surface area contributed by atoms with Crippen LogP contribution in [0.5, 0.6) is 0 Å². The van der Waals surface area contributed by atoms with Gasteiger partial charge in [-0.3, -0.25) is 4.79 Å². The average Bonchev–Trinajstić information content (AvgIpc) is 2.06. The van der Waals surface area contributed by atoms with Crippen LogP contribution in [-0.4, -0.2) is 16.4 Å². The molecular formula is C11H14BrClN2O. The van der Waals surface area contributed by atoms with Crippen LogP contribution in [0.4, 0.5) is 0 Å². The van der Waals surface area contributed by atoms with Gasteiger partial charge in [-0.05, 0) is 48.3 Å². The Morgan fingerprint density at radius 2 is 2.12 bits per heavy atom. The predicted octanol–water partition coefficient (Wildman–Crippen LogP) is 2.95. The lowest BCUT2D eigenvalue weighted by molar-refractivity contribution is -0.121. The summed E-state index contributed by atoms with van der Waals surface area (Å²) in [5.41, 5.74) is 0.499. The maximum atomic E-state index is 11.7. The van der Waals surface area contributed by atoms with E-state index in [1.54, 1.807) is 12.1 Å². The number of aromatic nitrogens is 1. The van der Waals surface area contributed by atoms with E-state index in [-0.39, 0.29) is 17.9 Å². The van der Waals surface area contributed by atoms with Crippen LogP contribution in [0, 0.1) is 0 Å². The minimum Gasteiger partial charge on any atom is -0.351 e. The second-order valence-electron chi connectivity index (χ2n) is 4.56. The molecule has 0 saturated carbocycles. The van der Waals surface area contributed by atoms with Crippen LogP contribution in [0.3, 0.4) is 0 Å². The summed E-state index contributed by atoms with van der Waals surface area (Å²) in [6.07, 6.45) is 0.246. The van der Waals surface area contributed by atoms with E-state index in [9.17, 15) is 4.79 Å². The molecule has 0 bridgehead atoms. The van der Waals surface area contributed by atoms with E-state index in [1.165, 1.54) is 0 Å². The van der Waals surface area contributed by atoms with Crippen molar-refractivity contribution < 1.29 is 4.79 Å². The first-order valence-electron chi connectivity index (χ1n) is 4.90. The third kappa shape index (κ3) is 4.49. The molecule has 0 aliphatic carbocycles. The van der Waals surface area contributed by atoms with Gasteiger partial charge in [0.1, 0.15) is 9.76 Å². The molecule has 0 saturated heterocycles. The summed E-state index contributed by atoms with van der Waals surface area (Å²) in [4.78, 5) is 15.7. The highest BCUT2D eigenvalue weighted by Gasteiger charge is 2.15. The Bertz CT molecular complexity index is 401. The number of hydrogen-bond acceptors (Lipinski definition) is 2. The maximum absolute atomic E-state index is 11.7. The number of amides is 1. The molecule has 88 valence electrons. The third-order valence-electron chi connectivity index (χ3n) is 1.76. The number of carbonyl (C=O) groups excluding carboxylic acids is 1. The van der Waals surface area contributed by atoms with Gasteiger partial charge in [0.25, 0.3) is 0 Å². The van der Waals surface area contributed by atoms with Crippen molar-refractivity contribution >= 4 is 33.4 Å². The second kappa shape index (κ2) is 5.15. The fourth-order valence-electron chi connectivity index (χ4n) is 1.21. The number of nitrogens with zero attached hydrogens (tertiary/aromatic N) is 1. The SMILES string of the molecule is CC(C)(C)NC(=O)Cc1ccc(Br)nc1Cl. The Morgan fingerprint density at radius 3 is 2.62 bits per heavy atom. The lowest BCUT2D eigenvalue weighted by Gasteiger charge is -2.20. The zero-order valence-electron chi connectivity index (χ0n) is 9.47. The lowest BCUT2D eigenvalue weighted by atomic mass is 10.1. The van der Waals surface area contributed by atoms with Crippen LogP contribution in [0.25, 0.3) is 0 Å². The fourth-order valence-corrected chi connectivity index (χ4v) is 1.84. The van der Waals surface area contributed by atoms with Gasteiger partial charge in [0.15, 0.2) is 0 Å². The monoisotopic (exact) mass is 304 g/mol. The summed E-state index contributed by atoms with van der Waals surface area (Å²) in [5.74, 6) is -0.0569. The first-order chi connectivity index (χ1) is 7.28. The quantitative estimate of drug-likeness (QED) is 0.854. The van der Waals surface area contributed by atoms with E-state index in [0.717, 1.165) is 5.56 Å². The van der Waals surface area contributed by atoms with Gasteiger partial charge in [-0.15, -0.1) is 0 Å². The molecule has 0 atom stereocenters. The molecular weight excluding hydrogens is 291 g/mol. The smallest absolute Gasteiger partial charge is 0.224 e. The van der Waals surface area contributed by atoms with Gasteiger partial charge in [0, 0.05) is 5.54 Å². The molecule has 1 aromatic rings. The first kappa shape index (κ1) is 13.5. The van der Waals surface area contributed by atoms with Crippen LogP contribution in [0.15, 0.2) is 16.7 Å². The van der Waals surface area contributed by atoms with Crippen molar-refractivity contribution in [1.82, 2.24) is 10.3 Å². The standard InChI is InChI=1S/C11H14BrClN2O/c1-11(2,3)15-9(16)6-7-4-5-8(12)14-10(7)13/h4-5H,6H2,1-3H3,(H,15,16). The van der Waals surface area contributed by atoms with Gasteiger partial charge in [0.2, 0.25) is 5.91 Å². The topological polar surface area (TPSA) is 42.0 Å². The van der Waals surface area contributed by atoms with Crippen LogP contribution in [-0.2, 0) is 11.2 Å². The summed E-state index contributed by atoms with van der Waals surface area (Å²) >= 11 is 9.14. The van der Waals surface area contributed by atoms with Crippen LogP contribution >= 0.6 is 27.5 Å². The number of nitrogens with one attached hydrogen (secondary N) is 1. The summed E-state index contributed by atoms with van der Waals surface area (Å²) in [6, 6.07) is 3.56. The van der Waals surface area contributed by atoms with E-state index in [1.807, 2.05) is 20.8 Å². The van der Waals surface area contributed by atoms with E-state index in [4.69, 9.17) is 11.6 Å². The van der Waals surface area contributed by atoms with E-state index < -0.39 is 0 Å². The molecule has 1 N–H and O–H groups in total. The molecule has 5 heteroatoms. The minimum atomic E-state index is -0.230. The van der Waals surface area contributed by atoms with Gasteiger partial charge in [-0.2, -0.15) is 0 Å². The zero-order valence-corrected chi connectivity index (χ0v) is 11.8. The van der Waals surface area contributed by atoms with E-state index in [2.05, 4.69) is 26.2 Å². The summed E-state index contributed by atoms with van der Waals surface area (Å²) in [5, 5.41) is 3.23. The molecule has 0 aromatic carbocycles. The van der Waals surface area contributed by atoms with Crippen LogP contribution < -0.4 is 5.32 Å². The van der Waals surface area contributed by atoms with Crippen molar-refractivity contribution in [2.24, 2.45) is 0 Å². The summed E-state index contributed by atoms with van der Waals surface area (Å²) < 4.78 is 0.664. The number of carbonyl (C=O) groups is 1. The molecule has 0 unspecified atom stereocenters. The molecule has 0 aliphatic rings. The van der Waals surface area contributed by atoms with Crippen molar-refractivity contribution in [3.8, 4) is 0 Å². The van der Waals surface area contributed by atoms with Gasteiger partial charge in [-0.1, -0.05) is 17.7 Å². The maximum Gasteiger partial charge on any atom is 0.224 e. The molecule has 1 amide bonds. The first-order valence-corrected chi connectivity index (χ1v) is 6.07. The molecule has 1 aromatic heterocycles. The molecule has 0 spiro atoms. The molecule has 1 rings (SSSR count). The molecule has 1 heterocycles. The van der Waals surface area contributed by atoms with Crippen LogP contribution in [0.1, 0.15) is 26.3 Å². The van der Waals surface area contributed by atoms with E-state index in [0.29, 0.717) is 9.76 Å². The second-order valence-corrected chi connectivity index (χ2v) is 5.73. The van der Waals surface area contributed by atoms with Gasteiger partial charge >= 0.3 is 0 Å². The highest BCUT2D eigenvalue weighted by atomic mass is 79.9. The normalized spacial score (nSPS) is 11.3. The zero-order chi connectivity index (χ0) is 12.3. The Balaban J connectivity index is 2.70. The molecule has 0 radical (unpaired) electrons. The average molecular weight is 306 g/mol. The van der Waals surface area contributed by atoms with Gasteiger partial charge in [-0.25, -0.2) is 4.98 Å². The van der Waals surface area contributed by atoms with Gasteiger partial charge < -0.3 is 5.32 Å². The lowest BCUT2D eigenvalue weighted by Crippen LogP contribution is -2.41. The third-order valence-corrected chi connectivity index (χ3v) is 2.53.